The van der Waals surface area contributed by atoms with Crippen molar-refractivity contribution in [3.8, 4) is 0 Å². The Morgan fingerprint density at radius 2 is 2.20 bits per heavy atom. The summed E-state index contributed by atoms with van der Waals surface area (Å²) in [5.41, 5.74) is 5.89. The molecular formula is C8H6ClN5O. The van der Waals surface area contributed by atoms with Crippen molar-refractivity contribution < 1.29 is 4.79 Å². The third-order valence-corrected chi connectivity index (χ3v) is 1.81. The van der Waals surface area contributed by atoms with E-state index in [1.165, 1.54) is 6.20 Å². The lowest BCUT2D eigenvalue weighted by molar-refractivity contribution is 0.259. The quantitative estimate of drug-likeness (QED) is 0.759. The molecule has 2 heterocycles. The maximum atomic E-state index is 10.6. The van der Waals surface area contributed by atoms with Gasteiger partial charge < -0.3 is 5.73 Å². The number of halogens is 1. The third kappa shape index (κ3) is 2.10. The zero-order valence-electron chi connectivity index (χ0n) is 7.44. The van der Waals surface area contributed by atoms with E-state index < -0.39 is 6.03 Å². The third-order valence-electron chi connectivity index (χ3n) is 1.63. The summed E-state index contributed by atoms with van der Waals surface area (Å²) in [5, 5.41) is 2.58. The second-order valence-electron chi connectivity index (χ2n) is 2.72. The smallest absolute Gasteiger partial charge is 0.317 e. The van der Waals surface area contributed by atoms with Gasteiger partial charge in [0.05, 0.1) is 6.20 Å². The van der Waals surface area contributed by atoms with Crippen LogP contribution in [0.15, 0.2) is 18.3 Å². The zero-order chi connectivity index (χ0) is 10.8. The number of primary amides is 1. The predicted molar refractivity (Wildman–Crippen MR) is 55.5 cm³/mol. The summed E-state index contributed by atoms with van der Waals surface area (Å²) in [7, 11) is 0. The van der Waals surface area contributed by atoms with Crippen LogP contribution in [-0.2, 0) is 0 Å². The summed E-state index contributed by atoms with van der Waals surface area (Å²) < 4.78 is 0. The van der Waals surface area contributed by atoms with Gasteiger partial charge in [0.25, 0.3) is 0 Å². The lowest BCUT2D eigenvalue weighted by atomic mass is 10.4. The Morgan fingerprint density at radius 1 is 1.40 bits per heavy atom. The monoisotopic (exact) mass is 223 g/mol. The van der Waals surface area contributed by atoms with Crippen molar-refractivity contribution in [2.45, 2.75) is 0 Å². The van der Waals surface area contributed by atoms with Gasteiger partial charge in [-0.25, -0.2) is 19.7 Å². The average Bonchev–Trinajstić information content (AvgIpc) is 2.16. The first kappa shape index (κ1) is 9.60. The fourth-order valence-corrected chi connectivity index (χ4v) is 1.20. The first-order valence-corrected chi connectivity index (χ1v) is 4.39. The number of rotatable bonds is 1. The molecule has 0 aliphatic rings. The van der Waals surface area contributed by atoms with Gasteiger partial charge in [-0.2, -0.15) is 0 Å². The van der Waals surface area contributed by atoms with Crippen LogP contribution < -0.4 is 11.1 Å². The predicted octanol–water partition coefficient (Wildman–Crippen LogP) is 1.17. The van der Waals surface area contributed by atoms with E-state index in [4.69, 9.17) is 17.3 Å². The van der Waals surface area contributed by atoms with E-state index in [9.17, 15) is 4.79 Å². The number of hydrogen-bond acceptors (Lipinski definition) is 4. The van der Waals surface area contributed by atoms with E-state index in [0.29, 0.717) is 17.0 Å². The molecule has 7 heteroatoms. The number of carbonyl (C=O) groups is 1. The molecule has 0 atom stereocenters. The SMILES string of the molecule is NC(=O)Nc1ccc2ncc(Cl)nc2n1. The summed E-state index contributed by atoms with van der Waals surface area (Å²) in [6, 6.07) is 2.56. The molecule has 0 aliphatic carbocycles. The van der Waals surface area contributed by atoms with Gasteiger partial charge >= 0.3 is 6.03 Å². The van der Waals surface area contributed by atoms with Crippen molar-refractivity contribution in [3.05, 3.63) is 23.5 Å². The number of aromatic nitrogens is 3. The highest BCUT2D eigenvalue weighted by atomic mass is 35.5. The Hall–Kier alpha value is -1.95. The molecule has 0 saturated carbocycles. The number of anilines is 1. The van der Waals surface area contributed by atoms with Gasteiger partial charge in [-0.15, -0.1) is 0 Å². The molecule has 0 bridgehead atoms. The van der Waals surface area contributed by atoms with Gasteiger partial charge in [0, 0.05) is 0 Å². The molecule has 15 heavy (non-hydrogen) atoms. The van der Waals surface area contributed by atoms with Crippen LogP contribution in [0.1, 0.15) is 0 Å². The summed E-state index contributed by atoms with van der Waals surface area (Å²) in [6.45, 7) is 0. The second-order valence-corrected chi connectivity index (χ2v) is 3.11. The van der Waals surface area contributed by atoms with Crippen molar-refractivity contribution in [1.82, 2.24) is 15.0 Å². The molecule has 0 radical (unpaired) electrons. The number of amides is 2. The first-order chi connectivity index (χ1) is 7.15. The highest BCUT2D eigenvalue weighted by molar-refractivity contribution is 6.29. The van der Waals surface area contributed by atoms with E-state index in [1.807, 2.05) is 0 Å². The van der Waals surface area contributed by atoms with E-state index in [1.54, 1.807) is 12.1 Å². The number of fused-ring (bicyclic) bond motifs is 1. The van der Waals surface area contributed by atoms with Crippen molar-refractivity contribution in [1.29, 1.82) is 0 Å². The van der Waals surface area contributed by atoms with Crippen LogP contribution in [0.3, 0.4) is 0 Å². The molecule has 0 aromatic carbocycles. The number of pyridine rings is 1. The molecule has 0 fully saturated rings. The molecule has 0 saturated heterocycles. The number of hydrogen-bond donors (Lipinski definition) is 2. The molecule has 3 N–H and O–H groups in total. The largest absolute Gasteiger partial charge is 0.351 e. The molecular weight excluding hydrogens is 218 g/mol. The minimum atomic E-state index is -0.683. The molecule has 0 aliphatic heterocycles. The fourth-order valence-electron chi connectivity index (χ4n) is 1.07. The molecule has 0 unspecified atom stereocenters. The summed E-state index contributed by atoms with van der Waals surface area (Å²) in [5.74, 6) is 0.312. The molecule has 76 valence electrons. The number of carbonyl (C=O) groups excluding carboxylic acids is 1. The minimum Gasteiger partial charge on any atom is -0.351 e. The van der Waals surface area contributed by atoms with Crippen LogP contribution in [0.4, 0.5) is 10.6 Å². The Morgan fingerprint density at radius 3 is 2.93 bits per heavy atom. The maximum absolute atomic E-state index is 10.6. The topological polar surface area (TPSA) is 93.8 Å². The first-order valence-electron chi connectivity index (χ1n) is 4.01. The van der Waals surface area contributed by atoms with Crippen LogP contribution in [0.25, 0.3) is 11.2 Å². The summed E-state index contributed by atoms with van der Waals surface area (Å²) >= 11 is 5.65. The zero-order valence-corrected chi connectivity index (χ0v) is 8.19. The van der Waals surface area contributed by atoms with E-state index in [0.717, 1.165) is 0 Å². The second kappa shape index (κ2) is 3.66. The molecule has 2 rings (SSSR count). The Kier molecular flexibility index (Phi) is 2.34. The molecule has 2 amide bonds. The van der Waals surface area contributed by atoms with E-state index in [-0.39, 0.29) is 5.15 Å². The van der Waals surface area contributed by atoms with Crippen molar-refractivity contribution in [2.75, 3.05) is 5.32 Å². The van der Waals surface area contributed by atoms with E-state index >= 15 is 0 Å². The Bertz CT molecular complexity index is 529. The minimum absolute atomic E-state index is 0.242. The Balaban J connectivity index is 2.49. The van der Waals surface area contributed by atoms with Crippen molar-refractivity contribution >= 4 is 34.6 Å². The summed E-state index contributed by atoms with van der Waals surface area (Å²) in [4.78, 5) is 22.5. The Labute approximate surface area is 89.5 Å². The van der Waals surface area contributed by atoms with Gasteiger partial charge in [0.1, 0.15) is 16.5 Å². The van der Waals surface area contributed by atoms with Crippen LogP contribution in [0.2, 0.25) is 5.15 Å². The van der Waals surface area contributed by atoms with Crippen LogP contribution in [-0.4, -0.2) is 21.0 Å². The fraction of sp³-hybridized carbons (Fsp3) is 0. The van der Waals surface area contributed by atoms with Crippen LogP contribution in [0.5, 0.6) is 0 Å². The summed E-state index contributed by atoms with van der Waals surface area (Å²) in [6.07, 6.45) is 1.42. The van der Waals surface area contributed by atoms with Gasteiger partial charge in [0.15, 0.2) is 5.65 Å². The van der Waals surface area contributed by atoms with Gasteiger partial charge in [-0.3, -0.25) is 5.32 Å². The number of nitrogens with one attached hydrogen (secondary N) is 1. The normalized spacial score (nSPS) is 10.2. The highest BCUT2D eigenvalue weighted by Crippen LogP contribution is 2.13. The van der Waals surface area contributed by atoms with Crippen LogP contribution >= 0.6 is 11.6 Å². The number of nitrogens with zero attached hydrogens (tertiary/aromatic N) is 3. The van der Waals surface area contributed by atoms with Gasteiger partial charge in [-0.05, 0) is 12.1 Å². The average molecular weight is 224 g/mol. The van der Waals surface area contributed by atoms with E-state index in [2.05, 4.69) is 20.3 Å². The highest BCUT2D eigenvalue weighted by Gasteiger charge is 2.02. The van der Waals surface area contributed by atoms with Crippen molar-refractivity contribution in [2.24, 2.45) is 5.73 Å². The van der Waals surface area contributed by atoms with Gasteiger partial charge in [0.2, 0.25) is 0 Å². The lowest BCUT2D eigenvalue weighted by Gasteiger charge is -2.01. The molecule has 6 nitrogen and oxygen atoms in total. The number of nitrogens with two attached hydrogens (primary N) is 1. The van der Waals surface area contributed by atoms with Gasteiger partial charge in [-0.1, -0.05) is 11.6 Å². The van der Waals surface area contributed by atoms with Crippen molar-refractivity contribution in [3.63, 3.8) is 0 Å². The standard InChI is InChI=1S/C8H6ClN5O/c9-5-3-11-4-1-2-6(14-8(10)15)13-7(4)12-5/h1-3H,(H3,10,12,13,14,15). The maximum Gasteiger partial charge on any atom is 0.317 e. The number of urea groups is 1. The molecule has 2 aromatic rings. The lowest BCUT2D eigenvalue weighted by Crippen LogP contribution is -2.20. The molecule has 2 aromatic heterocycles. The molecule has 0 spiro atoms. The van der Waals surface area contributed by atoms with Crippen LogP contribution in [0, 0.1) is 0 Å².